The smallest absolute Gasteiger partial charge is 0.200 e. The van der Waals surface area contributed by atoms with Gasteiger partial charge in [0, 0.05) is 11.8 Å². The van der Waals surface area contributed by atoms with Crippen molar-refractivity contribution in [1.29, 1.82) is 0 Å². The topological polar surface area (TPSA) is 95.8 Å². The molecule has 2 N–H and O–H groups in total. The Morgan fingerprint density at radius 2 is 0.933 bits per heavy atom. The molecule has 4 rings (SSSR count). The maximum atomic E-state index is 10.2. The molecule has 2 aliphatic heterocycles. The molecule has 2 heterocycles. The highest BCUT2D eigenvalue weighted by Crippen LogP contribution is 2.53. The lowest BCUT2D eigenvalue weighted by Crippen LogP contribution is -2.15. The molecule has 2 saturated heterocycles. The van der Waals surface area contributed by atoms with E-state index in [1.807, 2.05) is 0 Å². The first-order valence-corrected chi connectivity index (χ1v) is 9.65. The summed E-state index contributed by atoms with van der Waals surface area (Å²) in [5, 5.41) is 20.4. The van der Waals surface area contributed by atoms with E-state index in [9.17, 15) is 10.2 Å². The van der Waals surface area contributed by atoms with Gasteiger partial charge in [0.25, 0.3) is 0 Å². The van der Waals surface area contributed by atoms with Crippen molar-refractivity contribution in [3.63, 3.8) is 0 Å². The lowest BCUT2D eigenvalue weighted by Gasteiger charge is -2.19. The van der Waals surface area contributed by atoms with Gasteiger partial charge in [0.05, 0.1) is 53.9 Å². The van der Waals surface area contributed by atoms with Gasteiger partial charge in [-0.1, -0.05) is 0 Å². The molecule has 0 bridgehead atoms. The molecule has 4 atom stereocenters. The minimum Gasteiger partial charge on any atom is -0.502 e. The van der Waals surface area contributed by atoms with Gasteiger partial charge in [-0.25, -0.2) is 0 Å². The fraction of sp³-hybridized carbons (Fsp3) is 0.455. The molecule has 1 unspecified atom stereocenters. The number of rotatable bonds is 6. The number of ether oxygens (including phenoxy) is 6. The third-order valence-corrected chi connectivity index (χ3v) is 5.93. The van der Waals surface area contributed by atoms with E-state index in [2.05, 4.69) is 0 Å². The first kappa shape index (κ1) is 20.4. The molecule has 2 fully saturated rings. The Bertz CT molecular complexity index is 802. The fourth-order valence-corrected chi connectivity index (χ4v) is 4.39. The Hall–Kier alpha value is -2.84. The van der Waals surface area contributed by atoms with E-state index in [1.54, 1.807) is 24.3 Å². The van der Waals surface area contributed by atoms with Crippen LogP contribution in [-0.2, 0) is 9.47 Å². The van der Waals surface area contributed by atoms with Gasteiger partial charge in [-0.2, -0.15) is 0 Å². The van der Waals surface area contributed by atoms with Crippen molar-refractivity contribution < 1.29 is 38.6 Å². The maximum Gasteiger partial charge on any atom is 0.200 e. The number of hydrogen-bond acceptors (Lipinski definition) is 8. The molecule has 0 saturated carbocycles. The molecule has 30 heavy (non-hydrogen) atoms. The van der Waals surface area contributed by atoms with Crippen LogP contribution in [0.2, 0.25) is 0 Å². The van der Waals surface area contributed by atoms with Crippen molar-refractivity contribution in [2.45, 2.75) is 12.2 Å². The summed E-state index contributed by atoms with van der Waals surface area (Å²) in [6.07, 6.45) is -0.436. The first-order valence-electron chi connectivity index (χ1n) is 9.65. The highest BCUT2D eigenvalue weighted by Gasteiger charge is 2.48. The summed E-state index contributed by atoms with van der Waals surface area (Å²) in [4.78, 5) is 0. The molecule has 0 amide bonds. The Labute approximate surface area is 174 Å². The van der Waals surface area contributed by atoms with E-state index >= 15 is 0 Å². The third kappa shape index (κ3) is 3.26. The molecule has 0 radical (unpaired) electrons. The van der Waals surface area contributed by atoms with Crippen molar-refractivity contribution >= 4 is 0 Å². The van der Waals surface area contributed by atoms with E-state index in [-0.39, 0.29) is 35.5 Å². The summed E-state index contributed by atoms with van der Waals surface area (Å²) >= 11 is 0. The van der Waals surface area contributed by atoms with Crippen LogP contribution in [0.4, 0.5) is 0 Å². The van der Waals surface area contributed by atoms with Crippen molar-refractivity contribution in [1.82, 2.24) is 0 Å². The molecule has 2 aliphatic rings. The quantitative estimate of drug-likeness (QED) is 0.738. The lowest BCUT2D eigenvalue weighted by molar-refractivity contribution is 0.0190. The molecular formula is C22H26O8. The Balaban J connectivity index is 1.63. The largest absolute Gasteiger partial charge is 0.502 e. The number of fused-ring (bicyclic) bond motifs is 1. The SMILES string of the molecule is COc1cc(C2OC[C@@H]3[C@@H](c4cc(OC)c(O)c(OC)c4)OC[C@H]23)cc(OC)c1O. The van der Waals surface area contributed by atoms with Gasteiger partial charge < -0.3 is 38.6 Å². The summed E-state index contributed by atoms with van der Waals surface area (Å²) in [7, 11) is 5.99. The van der Waals surface area contributed by atoms with E-state index in [1.165, 1.54) is 28.4 Å². The minimum absolute atomic E-state index is 0.0397. The van der Waals surface area contributed by atoms with E-state index in [0.29, 0.717) is 36.2 Å². The molecule has 0 spiro atoms. The number of phenols is 2. The van der Waals surface area contributed by atoms with Crippen LogP contribution in [0.25, 0.3) is 0 Å². The van der Waals surface area contributed by atoms with Gasteiger partial charge in [0.2, 0.25) is 11.5 Å². The molecule has 162 valence electrons. The van der Waals surface area contributed by atoms with Crippen LogP contribution >= 0.6 is 0 Å². The Morgan fingerprint density at radius 3 is 1.20 bits per heavy atom. The minimum atomic E-state index is -0.218. The number of aromatic hydroxyl groups is 2. The van der Waals surface area contributed by atoms with Crippen molar-refractivity contribution in [2.24, 2.45) is 11.8 Å². The second-order valence-corrected chi connectivity index (χ2v) is 7.38. The van der Waals surface area contributed by atoms with Gasteiger partial charge in [-0.3, -0.25) is 0 Å². The van der Waals surface area contributed by atoms with Crippen LogP contribution in [0.5, 0.6) is 34.5 Å². The van der Waals surface area contributed by atoms with Crippen molar-refractivity contribution in [3.8, 4) is 34.5 Å². The molecule has 2 aromatic carbocycles. The van der Waals surface area contributed by atoms with E-state index in [4.69, 9.17) is 28.4 Å². The summed E-state index contributed by atoms with van der Waals surface area (Å²) in [5.41, 5.74) is 1.72. The molecular weight excluding hydrogens is 392 g/mol. The average molecular weight is 418 g/mol. The fourth-order valence-electron chi connectivity index (χ4n) is 4.39. The highest BCUT2D eigenvalue weighted by atomic mass is 16.5. The van der Waals surface area contributed by atoms with E-state index < -0.39 is 0 Å². The maximum absolute atomic E-state index is 10.2. The van der Waals surface area contributed by atoms with Crippen LogP contribution in [-0.4, -0.2) is 51.9 Å². The van der Waals surface area contributed by atoms with Gasteiger partial charge in [-0.05, 0) is 35.4 Å². The molecule has 8 heteroatoms. The van der Waals surface area contributed by atoms with Crippen LogP contribution in [0.1, 0.15) is 23.3 Å². The van der Waals surface area contributed by atoms with Crippen LogP contribution in [0.15, 0.2) is 24.3 Å². The number of phenolic OH excluding ortho intramolecular Hbond substituents is 2. The van der Waals surface area contributed by atoms with Crippen LogP contribution in [0.3, 0.4) is 0 Å². The zero-order chi connectivity index (χ0) is 21.4. The molecule has 0 aliphatic carbocycles. The first-order chi connectivity index (χ1) is 14.5. The summed E-state index contributed by atoms with van der Waals surface area (Å²) in [5.74, 6) is 1.48. The second kappa shape index (κ2) is 8.12. The molecule has 0 aromatic heterocycles. The van der Waals surface area contributed by atoms with Gasteiger partial charge in [0.15, 0.2) is 23.0 Å². The number of benzene rings is 2. The predicted octanol–water partition coefficient (Wildman–Crippen LogP) is 3.21. The standard InChI is InChI=1S/C22H26O8/c1-25-15-5-11(6-16(26-2)19(15)23)21-13-9-30-22(14(13)10-29-21)12-7-17(27-3)20(24)18(8-12)28-4/h5-8,13-14,21-24H,9-10H2,1-4H3/t13-,14-,21+,22?/m0/s1. The molecule has 8 nitrogen and oxygen atoms in total. The monoisotopic (exact) mass is 418 g/mol. The van der Waals surface area contributed by atoms with Gasteiger partial charge in [0.1, 0.15) is 0 Å². The van der Waals surface area contributed by atoms with Crippen molar-refractivity contribution in [2.75, 3.05) is 41.7 Å². The average Bonchev–Trinajstić information content (AvgIpc) is 3.36. The summed E-state index contributed by atoms with van der Waals surface area (Å²) < 4.78 is 33.4. The summed E-state index contributed by atoms with van der Waals surface area (Å²) in [6.45, 7) is 1.02. The normalized spacial score (nSPS) is 25.1. The lowest BCUT2D eigenvalue weighted by atomic mass is 9.84. The van der Waals surface area contributed by atoms with Crippen molar-refractivity contribution in [3.05, 3.63) is 35.4 Å². The number of hydrogen-bond donors (Lipinski definition) is 2. The van der Waals surface area contributed by atoms with Gasteiger partial charge >= 0.3 is 0 Å². The Morgan fingerprint density at radius 1 is 0.633 bits per heavy atom. The molecule has 2 aromatic rings. The zero-order valence-corrected chi connectivity index (χ0v) is 17.4. The predicted molar refractivity (Wildman–Crippen MR) is 107 cm³/mol. The third-order valence-electron chi connectivity index (χ3n) is 5.93. The van der Waals surface area contributed by atoms with Gasteiger partial charge in [-0.15, -0.1) is 0 Å². The number of methoxy groups -OCH3 is 4. The zero-order valence-electron chi connectivity index (χ0n) is 17.4. The highest BCUT2D eigenvalue weighted by molar-refractivity contribution is 5.54. The Kier molecular flexibility index (Phi) is 5.53. The van der Waals surface area contributed by atoms with Crippen LogP contribution in [0, 0.1) is 11.8 Å². The second-order valence-electron chi connectivity index (χ2n) is 7.38. The van der Waals surface area contributed by atoms with E-state index in [0.717, 1.165) is 11.1 Å². The van der Waals surface area contributed by atoms with Crippen LogP contribution < -0.4 is 18.9 Å². The summed E-state index contributed by atoms with van der Waals surface area (Å²) in [6, 6.07) is 7.07.